The van der Waals surface area contributed by atoms with Crippen molar-refractivity contribution in [1.82, 2.24) is 9.80 Å². The fraction of sp³-hybridized carbons (Fsp3) is 0.929. The number of nitrogens with zero attached hydrogens (tertiary/aromatic N) is 2. The first-order valence-electron chi connectivity index (χ1n) is 7.18. The van der Waals surface area contributed by atoms with Crippen molar-refractivity contribution in [2.45, 2.75) is 57.7 Å². The lowest BCUT2D eigenvalue weighted by Crippen LogP contribution is -2.52. The van der Waals surface area contributed by atoms with Crippen LogP contribution in [0, 0.1) is 5.92 Å². The average molecular weight is 252 g/mol. The molecule has 3 fully saturated rings. The summed E-state index contributed by atoms with van der Waals surface area (Å²) >= 11 is 0. The van der Waals surface area contributed by atoms with E-state index >= 15 is 0 Å². The summed E-state index contributed by atoms with van der Waals surface area (Å²) in [6, 6.07) is 1.16. The molecule has 0 aromatic carbocycles. The van der Waals surface area contributed by atoms with Gasteiger partial charge in [0.1, 0.15) is 5.60 Å². The van der Waals surface area contributed by atoms with Crippen LogP contribution in [-0.2, 0) is 4.74 Å². The molecule has 102 valence electrons. The van der Waals surface area contributed by atoms with Gasteiger partial charge in [-0.15, -0.1) is 0 Å². The molecule has 2 heterocycles. The topological polar surface area (TPSA) is 32.8 Å². The number of carbonyl (C=O) groups excluding carboxylic acids is 1. The molecule has 4 heteroatoms. The summed E-state index contributed by atoms with van der Waals surface area (Å²) < 4.78 is 5.48. The van der Waals surface area contributed by atoms with E-state index in [4.69, 9.17) is 4.74 Å². The van der Waals surface area contributed by atoms with Crippen molar-refractivity contribution in [2.75, 3.05) is 19.6 Å². The molecule has 1 saturated carbocycles. The van der Waals surface area contributed by atoms with E-state index in [1.165, 1.54) is 25.9 Å². The minimum Gasteiger partial charge on any atom is -0.444 e. The molecule has 1 amide bonds. The second-order valence-corrected chi connectivity index (χ2v) is 6.97. The summed E-state index contributed by atoms with van der Waals surface area (Å²) in [6.45, 7) is 9.23. The number of likely N-dealkylation sites (tertiary alicyclic amines) is 2. The molecule has 18 heavy (non-hydrogen) atoms. The van der Waals surface area contributed by atoms with Gasteiger partial charge in [-0.1, -0.05) is 0 Å². The Bertz CT molecular complexity index is 346. The summed E-state index contributed by atoms with van der Waals surface area (Å²) in [7, 11) is 0. The van der Waals surface area contributed by atoms with Gasteiger partial charge in [-0.05, 0) is 59.0 Å². The maximum absolute atomic E-state index is 12.1. The number of amides is 1. The SMILES string of the molecule is CC(C)(C)OC(=O)N1CC2CC1CC2N1CCC1. The molecule has 3 aliphatic rings. The Hall–Kier alpha value is -0.770. The van der Waals surface area contributed by atoms with Crippen molar-refractivity contribution in [3.8, 4) is 0 Å². The third kappa shape index (κ3) is 2.11. The first kappa shape index (κ1) is 12.3. The van der Waals surface area contributed by atoms with Crippen LogP contribution in [0.2, 0.25) is 0 Å². The monoisotopic (exact) mass is 252 g/mol. The lowest BCUT2D eigenvalue weighted by Gasteiger charge is -2.42. The highest BCUT2D eigenvalue weighted by Crippen LogP contribution is 2.42. The number of hydrogen-bond acceptors (Lipinski definition) is 3. The van der Waals surface area contributed by atoms with Gasteiger partial charge in [-0.3, -0.25) is 4.90 Å². The van der Waals surface area contributed by atoms with E-state index in [1.54, 1.807) is 0 Å². The molecule has 1 aliphatic carbocycles. The Morgan fingerprint density at radius 1 is 1.22 bits per heavy atom. The predicted octanol–water partition coefficient (Wildman–Crippen LogP) is 2.09. The van der Waals surface area contributed by atoms with Gasteiger partial charge in [0.2, 0.25) is 0 Å². The van der Waals surface area contributed by atoms with Crippen molar-refractivity contribution in [2.24, 2.45) is 5.92 Å². The summed E-state index contributed by atoms with van der Waals surface area (Å²) in [5, 5.41) is 0. The van der Waals surface area contributed by atoms with Crippen molar-refractivity contribution < 1.29 is 9.53 Å². The van der Waals surface area contributed by atoms with E-state index in [2.05, 4.69) is 4.90 Å². The number of carbonyl (C=O) groups is 1. The largest absolute Gasteiger partial charge is 0.444 e. The van der Waals surface area contributed by atoms with Gasteiger partial charge in [0.05, 0.1) is 0 Å². The average Bonchev–Trinajstić information content (AvgIpc) is 2.70. The van der Waals surface area contributed by atoms with Crippen LogP contribution in [0.4, 0.5) is 4.79 Å². The smallest absolute Gasteiger partial charge is 0.410 e. The van der Waals surface area contributed by atoms with Crippen LogP contribution in [0.3, 0.4) is 0 Å². The van der Waals surface area contributed by atoms with Gasteiger partial charge in [0, 0.05) is 18.6 Å². The zero-order valence-electron chi connectivity index (χ0n) is 11.7. The Balaban J connectivity index is 1.58. The Morgan fingerprint density at radius 3 is 2.39 bits per heavy atom. The predicted molar refractivity (Wildman–Crippen MR) is 69.4 cm³/mol. The van der Waals surface area contributed by atoms with Crippen LogP contribution >= 0.6 is 0 Å². The van der Waals surface area contributed by atoms with E-state index in [0.29, 0.717) is 12.0 Å². The van der Waals surface area contributed by atoms with Crippen LogP contribution in [0.1, 0.15) is 40.0 Å². The Labute approximate surface area is 109 Å². The standard InChI is InChI=1S/C14H24N2O2/c1-14(2,3)18-13(17)16-9-10-7-11(16)8-12(10)15-5-4-6-15/h10-12H,4-9H2,1-3H3. The van der Waals surface area contributed by atoms with Crippen LogP contribution < -0.4 is 0 Å². The van der Waals surface area contributed by atoms with Crippen molar-refractivity contribution >= 4 is 6.09 Å². The summed E-state index contributed by atoms with van der Waals surface area (Å²) in [4.78, 5) is 16.7. The maximum Gasteiger partial charge on any atom is 0.410 e. The van der Waals surface area contributed by atoms with Crippen LogP contribution in [-0.4, -0.2) is 53.2 Å². The minimum atomic E-state index is -0.379. The van der Waals surface area contributed by atoms with E-state index < -0.39 is 0 Å². The second-order valence-electron chi connectivity index (χ2n) is 6.97. The third-order valence-corrected chi connectivity index (χ3v) is 4.49. The molecule has 3 atom stereocenters. The molecular formula is C14H24N2O2. The maximum atomic E-state index is 12.1. The molecule has 4 nitrogen and oxygen atoms in total. The highest BCUT2D eigenvalue weighted by atomic mass is 16.6. The van der Waals surface area contributed by atoms with Gasteiger partial charge >= 0.3 is 6.09 Å². The van der Waals surface area contributed by atoms with Gasteiger partial charge < -0.3 is 9.64 Å². The fourth-order valence-corrected chi connectivity index (χ4v) is 3.59. The van der Waals surface area contributed by atoms with Crippen LogP contribution in [0.5, 0.6) is 0 Å². The number of piperidine rings is 1. The van der Waals surface area contributed by atoms with Gasteiger partial charge in [-0.2, -0.15) is 0 Å². The summed E-state index contributed by atoms with van der Waals surface area (Å²) in [5.74, 6) is 0.683. The lowest BCUT2D eigenvalue weighted by molar-refractivity contribution is 0.00696. The third-order valence-electron chi connectivity index (χ3n) is 4.49. The van der Waals surface area contributed by atoms with Gasteiger partial charge in [0.25, 0.3) is 0 Å². The molecule has 0 radical (unpaired) electrons. The van der Waals surface area contributed by atoms with Crippen molar-refractivity contribution in [3.05, 3.63) is 0 Å². The number of hydrogen-bond donors (Lipinski definition) is 0. The Kier molecular flexibility index (Phi) is 2.81. The molecule has 2 saturated heterocycles. The molecule has 0 spiro atoms. The second kappa shape index (κ2) is 4.12. The number of fused-ring (bicyclic) bond motifs is 2. The van der Waals surface area contributed by atoms with Gasteiger partial charge in [-0.25, -0.2) is 4.79 Å². The molecule has 3 unspecified atom stereocenters. The minimum absolute atomic E-state index is 0.114. The Morgan fingerprint density at radius 2 is 1.94 bits per heavy atom. The van der Waals surface area contributed by atoms with E-state index in [-0.39, 0.29) is 11.7 Å². The van der Waals surface area contributed by atoms with Crippen molar-refractivity contribution in [1.29, 1.82) is 0 Å². The first-order valence-corrected chi connectivity index (χ1v) is 7.18. The molecule has 2 bridgehead atoms. The molecule has 2 aliphatic heterocycles. The number of ether oxygens (including phenoxy) is 1. The van der Waals surface area contributed by atoms with E-state index in [1.807, 2.05) is 25.7 Å². The molecule has 0 N–H and O–H groups in total. The van der Waals surface area contributed by atoms with E-state index in [0.717, 1.165) is 19.0 Å². The first-order chi connectivity index (χ1) is 8.44. The zero-order chi connectivity index (χ0) is 12.9. The zero-order valence-corrected chi connectivity index (χ0v) is 11.7. The molecule has 0 aromatic rings. The quantitative estimate of drug-likeness (QED) is 0.716. The highest BCUT2D eigenvalue weighted by molar-refractivity contribution is 5.69. The van der Waals surface area contributed by atoms with Gasteiger partial charge in [0.15, 0.2) is 0 Å². The summed E-state index contributed by atoms with van der Waals surface area (Å²) in [5.41, 5.74) is -0.379. The fourth-order valence-electron chi connectivity index (χ4n) is 3.59. The molecule has 3 rings (SSSR count). The normalized spacial score (nSPS) is 35.7. The number of rotatable bonds is 1. The van der Waals surface area contributed by atoms with Crippen molar-refractivity contribution in [3.63, 3.8) is 0 Å². The highest BCUT2D eigenvalue weighted by Gasteiger charge is 2.49. The lowest BCUT2D eigenvalue weighted by atomic mass is 9.98. The molecular weight excluding hydrogens is 228 g/mol. The summed E-state index contributed by atoms with van der Waals surface area (Å²) in [6.07, 6.45) is 3.57. The van der Waals surface area contributed by atoms with Crippen LogP contribution in [0.15, 0.2) is 0 Å². The molecule has 0 aromatic heterocycles. The van der Waals surface area contributed by atoms with Crippen LogP contribution in [0.25, 0.3) is 0 Å². The van der Waals surface area contributed by atoms with E-state index in [9.17, 15) is 4.79 Å².